The molecular weight excluding hydrogens is 244 g/mol. The molecule has 0 aliphatic heterocycles. The van der Waals surface area contributed by atoms with E-state index in [0.29, 0.717) is 0 Å². The van der Waals surface area contributed by atoms with Crippen molar-refractivity contribution in [2.75, 3.05) is 0 Å². The quantitative estimate of drug-likeness (QED) is 0.610. The summed E-state index contributed by atoms with van der Waals surface area (Å²) in [5.74, 6) is -0.322. The van der Waals surface area contributed by atoms with E-state index in [9.17, 15) is 4.79 Å². The number of ether oxygens (including phenoxy) is 1. The Morgan fingerprint density at radius 2 is 2.06 bits per heavy atom. The topological polar surface area (TPSA) is 26.3 Å². The molecule has 1 atom stereocenters. The van der Waals surface area contributed by atoms with E-state index < -0.39 is 0 Å². The maximum Gasteiger partial charge on any atom is 0.331 e. The molecule has 0 fully saturated rings. The van der Waals surface area contributed by atoms with Crippen molar-refractivity contribution in [1.29, 1.82) is 0 Å². The first-order valence-electron chi connectivity index (χ1n) is 5.71. The van der Waals surface area contributed by atoms with Gasteiger partial charge in [0.2, 0.25) is 0 Å². The van der Waals surface area contributed by atoms with Crippen molar-refractivity contribution in [1.82, 2.24) is 0 Å². The van der Waals surface area contributed by atoms with Crippen molar-refractivity contribution in [3.05, 3.63) is 64.4 Å². The summed E-state index contributed by atoms with van der Waals surface area (Å²) in [5, 5.41) is 3.96. The molecule has 0 aliphatic carbocycles. The largest absolute Gasteiger partial charge is 0.455 e. The Labute approximate surface area is 111 Å². The van der Waals surface area contributed by atoms with Crippen LogP contribution in [0.2, 0.25) is 0 Å². The van der Waals surface area contributed by atoms with Gasteiger partial charge in [-0.1, -0.05) is 30.3 Å². The minimum atomic E-state index is -0.322. The van der Waals surface area contributed by atoms with Crippen LogP contribution in [0, 0.1) is 0 Å². The van der Waals surface area contributed by atoms with Crippen molar-refractivity contribution in [2.24, 2.45) is 0 Å². The predicted molar refractivity (Wildman–Crippen MR) is 74.3 cm³/mol. The van der Waals surface area contributed by atoms with Gasteiger partial charge in [0, 0.05) is 11.6 Å². The van der Waals surface area contributed by atoms with Crippen LogP contribution in [0.4, 0.5) is 0 Å². The Morgan fingerprint density at radius 3 is 2.72 bits per heavy atom. The summed E-state index contributed by atoms with van der Waals surface area (Å²) in [6, 6.07) is 11.6. The molecule has 2 nitrogen and oxygen atoms in total. The summed E-state index contributed by atoms with van der Waals surface area (Å²) in [7, 11) is 0. The SMILES string of the molecule is CC(OC(=O)/C=C/c1ccccc1)c1ccsc1. The molecule has 1 aromatic heterocycles. The van der Waals surface area contributed by atoms with Gasteiger partial charge in [-0.25, -0.2) is 4.79 Å². The molecule has 3 heteroatoms. The van der Waals surface area contributed by atoms with E-state index in [2.05, 4.69) is 0 Å². The van der Waals surface area contributed by atoms with Crippen LogP contribution in [0.25, 0.3) is 6.08 Å². The van der Waals surface area contributed by atoms with Gasteiger partial charge in [-0.2, -0.15) is 11.3 Å². The second kappa shape index (κ2) is 6.17. The fourth-order valence-corrected chi connectivity index (χ4v) is 2.26. The Kier molecular flexibility index (Phi) is 4.31. The molecule has 1 heterocycles. The first-order valence-corrected chi connectivity index (χ1v) is 6.66. The van der Waals surface area contributed by atoms with Crippen molar-refractivity contribution in [3.8, 4) is 0 Å². The van der Waals surface area contributed by atoms with Crippen molar-refractivity contribution in [2.45, 2.75) is 13.0 Å². The molecule has 0 saturated carbocycles. The molecular formula is C15H14O2S. The number of thiophene rings is 1. The first-order chi connectivity index (χ1) is 8.75. The van der Waals surface area contributed by atoms with Crippen LogP contribution in [0.1, 0.15) is 24.2 Å². The lowest BCUT2D eigenvalue weighted by Gasteiger charge is -2.09. The van der Waals surface area contributed by atoms with Crippen LogP contribution in [0.5, 0.6) is 0 Å². The van der Waals surface area contributed by atoms with Crippen molar-refractivity contribution < 1.29 is 9.53 Å². The lowest BCUT2D eigenvalue weighted by molar-refractivity contribution is -0.142. The van der Waals surface area contributed by atoms with E-state index in [0.717, 1.165) is 11.1 Å². The molecule has 0 aliphatic rings. The minimum absolute atomic E-state index is 0.204. The molecule has 2 aromatic rings. The van der Waals surface area contributed by atoms with Gasteiger partial charge in [0.25, 0.3) is 0 Å². The van der Waals surface area contributed by atoms with E-state index in [1.165, 1.54) is 6.08 Å². The lowest BCUT2D eigenvalue weighted by Crippen LogP contribution is -2.05. The summed E-state index contributed by atoms with van der Waals surface area (Å²) < 4.78 is 5.30. The molecule has 0 N–H and O–H groups in total. The van der Waals surface area contributed by atoms with Crippen LogP contribution in [-0.2, 0) is 9.53 Å². The van der Waals surface area contributed by atoms with Gasteiger partial charge >= 0.3 is 5.97 Å². The van der Waals surface area contributed by atoms with Crippen LogP contribution in [0.3, 0.4) is 0 Å². The van der Waals surface area contributed by atoms with Gasteiger partial charge in [-0.15, -0.1) is 0 Å². The molecule has 2 rings (SSSR count). The van der Waals surface area contributed by atoms with Crippen LogP contribution >= 0.6 is 11.3 Å². The van der Waals surface area contributed by atoms with E-state index >= 15 is 0 Å². The van der Waals surface area contributed by atoms with Gasteiger partial charge in [0.05, 0.1) is 0 Å². The zero-order chi connectivity index (χ0) is 12.8. The normalized spacial score (nSPS) is 12.5. The molecule has 92 valence electrons. The van der Waals surface area contributed by atoms with Crippen LogP contribution in [0.15, 0.2) is 53.2 Å². The summed E-state index contributed by atoms with van der Waals surface area (Å²) >= 11 is 1.60. The fourth-order valence-electron chi connectivity index (χ4n) is 1.52. The second-order valence-electron chi connectivity index (χ2n) is 3.88. The maximum atomic E-state index is 11.6. The zero-order valence-corrected chi connectivity index (χ0v) is 10.9. The van der Waals surface area contributed by atoms with Crippen molar-refractivity contribution >= 4 is 23.4 Å². The average molecular weight is 258 g/mol. The van der Waals surface area contributed by atoms with E-state index in [-0.39, 0.29) is 12.1 Å². The van der Waals surface area contributed by atoms with Gasteiger partial charge in [-0.05, 0) is 35.4 Å². The molecule has 0 amide bonds. The van der Waals surface area contributed by atoms with Gasteiger partial charge in [-0.3, -0.25) is 0 Å². The standard InChI is InChI=1S/C15H14O2S/c1-12(14-9-10-18-11-14)17-15(16)8-7-13-5-3-2-4-6-13/h2-12H,1H3/b8-7+. The maximum absolute atomic E-state index is 11.6. The van der Waals surface area contributed by atoms with E-state index in [1.807, 2.05) is 54.1 Å². The number of hydrogen-bond acceptors (Lipinski definition) is 3. The number of hydrogen-bond donors (Lipinski definition) is 0. The predicted octanol–water partition coefficient (Wildman–Crippen LogP) is 4.07. The molecule has 0 radical (unpaired) electrons. The molecule has 0 bridgehead atoms. The Bertz CT molecular complexity index is 515. The third kappa shape index (κ3) is 3.57. The summed E-state index contributed by atoms with van der Waals surface area (Å²) in [4.78, 5) is 11.6. The minimum Gasteiger partial charge on any atom is -0.455 e. The third-order valence-corrected chi connectivity index (χ3v) is 3.22. The number of benzene rings is 1. The Balaban J connectivity index is 1.91. The number of carbonyl (C=O) groups excluding carboxylic acids is 1. The van der Waals surface area contributed by atoms with E-state index in [4.69, 9.17) is 4.74 Å². The highest BCUT2D eigenvalue weighted by Crippen LogP contribution is 2.19. The smallest absolute Gasteiger partial charge is 0.331 e. The fraction of sp³-hybridized carbons (Fsp3) is 0.133. The molecule has 0 saturated heterocycles. The highest BCUT2D eigenvalue weighted by Gasteiger charge is 2.09. The van der Waals surface area contributed by atoms with Crippen LogP contribution < -0.4 is 0 Å². The van der Waals surface area contributed by atoms with E-state index in [1.54, 1.807) is 17.4 Å². The van der Waals surface area contributed by atoms with Crippen LogP contribution in [-0.4, -0.2) is 5.97 Å². The summed E-state index contributed by atoms with van der Waals surface area (Å²) in [5.41, 5.74) is 2.01. The zero-order valence-electron chi connectivity index (χ0n) is 10.1. The summed E-state index contributed by atoms with van der Waals surface area (Å²) in [6.45, 7) is 1.87. The highest BCUT2D eigenvalue weighted by molar-refractivity contribution is 7.07. The first kappa shape index (κ1) is 12.6. The monoisotopic (exact) mass is 258 g/mol. The average Bonchev–Trinajstić information content (AvgIpc) is 2.91. The molecule has 1 aromatic carbocycles. The van der Waals surface area contributed by atoms with Gasteiger partial charge in [0.15, 0.2) is 0 Å². The lowest BCUT2D eigenvalue weighted by atomic mass is 10.2. The molecule has 18 heavy (non-hydrogen) atoms. The Morgan fingerprint density at radius 1 is 1.28 bits per heavy atom. The second-order valence-corrected chi connectivity index (χ2v) is 4.66. The highest BCUT2D eigenvalue weighted by atomic mass is 32.1. The van der Waals surface area contributed by atoms with Gasteiger partial charge < -0.3 is 4.74 Å². The number of rotatable bonds is 4. The summed E-state index contributed by atoms with van der Waals surface area (Å²) in [6.07, 6.45) is 3.00. The number of carbonyl (C=O) groups is 1. The van der Waals surface area contributed by atoms with Crippen molar-refractivity contribution in [3.63, 3.8) is 0 Å². The number of esters is 1. The molecule has 0 spiro atoms. The molecule has 1 unspecified atom stereocenters. The van der Waals surface area contributed by atoms with Gasteiger partial charge in [0.1, 0.15) is 6.10 Å². The third-order valence-electron chi connectivity index (χ3n) is 2.52. The Hall–Kier alpha value is -1.87.